The van der Waals surface area contributed by atoms with Gasteiger partial charge in [0.25, 0.3) is 5.91 Å². The molecule has 0 unspecified atom stereocenters. The summed E-state index contributed by atoms with van der Waals surface area (Å²) < 4.78 is 0. The van der Waals surface area contributed by atoms with Gasteiger partial charge in [-0.15, -0.1) is 0 Å². The number of hydrogen-bond donors (Lipinski definition) is 2. The van der Waals surface area contributed by atoms with E-state index < -0.39 is 0 Å². The number of fused-ring (bicyclic) bond motifs is 1. The summed E-state index contributed by atoms with van der Waals surface area (Å²) in [5.74, 6) is 0.585. The van der Waals surface area contributed by atoms with Gasteiger partial charge in [-0.3, -0.25) is 4.79 Å². The molecule has 0 bridgehead atoms. The smallest absolute Gasteiger partial charge is 0.251 e. The monoisotopic (exact) mass is 419 g/mol. The van der Waals surface area contributed by atoms with Crippen LogP contribution in [0.1, 0.15) is 36.7 Å². The molecule has 3 aromatic rings. The summed E-state index contributed by atoms with van der Waals surface area (Å²) in [6.07, 6.45) is 1.86. The third kappa shape index (κ3) is 5.79. The zero-order valence-corrected chi connectivity index (χ0v) is 19.4. The first kappa shape index (κ1) is 22.7. The lowest BCUT2D eigenvalue weighted by Gasteiger charge is -2.28. The number of amides is 1. The lowest BCUT2D eigenvalue weighted by Crippen LogP contribution is -2.34. The van der Waals surface area contributed by atoms with Crippen molar-refractivity contribution >= 4 is 22.8 Å². The van der Waals surface area contributed by atoms with E-state index in [9.17, 15) is 4.79 Å². The van der Waals surface area contributed by atoms with Crippen molar-refractivity contribution in [3.8, 4) is 11.1 Å². The van der Waals surface area contributed by atoms with E-state index in [2.05, 4.69) is 72.5 Å². The lowest BCUT2D eigenvalue weighted by molar-refractivity contribution is 0.0956. The minimum Gasteiger partial charge on any atom is -0.354 e. The minimum atomic E-state index is -0.0548. The first-order valence-corrected chi connectivity index (χ1v) is 10.7. The molecule has 31 heavy (non-hydrogen) atoms. The predicted octanol–water partition coefficient (Wildman–Crippen LogP) is 4.35. The van der Waals surface area contributed by atoms with Crippen LogP contribution in [0.5, 0.6) is 0 Å². The Kier molecular flexibility index (Phi) is 6.91. The van der Waals surface area contributed by atoms with Crippen LogP contribution in [0.4, 0.5) is 5.95 Å². The van der Waals surface area contributed by atoms with Gasteiger partial charge in [0.1, 0.15) is 0 Å². The zero-order valence-electron chi connectivity index (χ0n) is 19.4. The van der Waals surface area contributed by atoms with Gasteiger partial charge in [0.05, 0.1) is 5.52 Å². The Balaban J connectivity index is 1.84. The fraction of sp³-hybridized carbons (Fsp3) is 0.400. The maximum atomic E-state index is 12.2. The summed E-state index contributed by atoms with van der Waals surface area (Å²) in [5.41, 5.74) is 4.88. The van der Waals surface area contributed by atoms with E-state index in [4.69, 9.17) is 0 Å². The number of aromatic nitrogens is 2. The predicted molar refractivity (Wildman–Crippen MR) is 129 cm³/mol. The van der Waals surface area contributed by atoms with Crippen LogP contribution in [-0.4, -0.2) is 54.5 Å². The molecule has 2 aromatic carbocycles. The van der Waals surface area contributed by atoms with Gasteiger partial charge in [0.2, 0.25) is 5.95 Å². The van der Waals surface area contributed by atoms with Crippen molar-refractivity contribution in [2.45, 2.75) is 27.7 Å². The quantitative estimate of drug-likeness (QED) is 0.568. The molecule has 0 fully saturated rings. The number of hydrogen-bond acceptors (Lipinski definition) is 5. The molecule has 0 saturated carbocycles. The normalized spacial score (nSPS) is 11.7. The Morgan fingerprint density at radius 2 is 1.90 bits per heavy atom. The molecule has 0 spiro atoms. The molecule has 6 heteroatoms. The van der Waals surface area contributed by atoms with Crippen LogP contribution >= 0.6 is 0 Å². The molecule has 1 amide bonds. The molecule has 3 rings (SSSR count). The van der Waals surface area contributed by atoms with E-state index in [-0.39, 0.29) is 11.3 Å². The Labute approximate surface area is 185 Å². The molecule has 0 aliphatic rings. The van der Waals surface area contributed by atoms with E-state index in [0.717, 1.165) is 40.7 Å². The maximum Gasteiger partial charge on any atom is 0.251 e. The highest BCUT2D eigenvalue weighted by Crippen LogP contribution is 2.28. The average molecular weight is 420 g/mol. The molecule has 0 atom stereocenters. The molecule has 1 aromatic heterocycles. The van der Waals surface area contributed by atoms with Crippen molar-refractivity contribution in [2.75, 3.05) is 39.0 Å². The average Bonchev–Trinajstić information content (AvgIpc) is 2.71. The number of carbonyl (C=O) groups excluding carboxylic acids is 1. The van der Waals surface area contributed by atoms with Crippen LogP contribution in [0, 0.1) is 12.3 Å². The minimum absolute atomic E-state index is 0.0548. The summed E-state index contributed by atoms with van der Waals surface area (Å²) in [6.45, 7) is 10.8. The van der Waals surface area contributed by atoms with Gasteiger partial charge in [-0.05, 0) is 74.3 Å². The van der Waals surface area contributed by atoms with Crippen LogP contribution in [0.25, 0.3) is 22.0 Å². The van der Waals surface area contributed by atoms with Crippen molar-refractivity contribution in [1.29, 1.82) is 0 Å². The molecule has 0 saturated heterocycles. The van der Waals surface area contributed by atoms with Gasteiger partial charge in [0.15, 0.2) is 0 Å². The number of anilines is 1. The Morgan fingerprint density at radius 1 is 1.13 bits per heavy atom. The number of benzene rings is 2. The fourth-order valence-electron chi connectivity index (χ4n) is 3.85. The van der Waals surface area contributed by atoms with Crippen molar-refractivity contribution < 1.29 is 4.79 Å². The lowest BCUT2D eigenvalue weighted by atomic mass is 9.93. The van der Waals surface area contributed by atoms with Crippen LogP contribution in [0.2, 0.25) is 0 Å². The molecule has 164 valence electrons. The van der Waals surface area contributed by atoms with Gasteiger partial charge in [0, 0.05) is 36.8 Å². The van der Waals surface area contributed by atoms with E-state index in [0.29, 0.717) is 18.1 Å². The van der Waals surface area contributed by atoms with E-state index in [1.807, 2.05) is 37.4 Å². The summed E-state index contributed by atoms with van der Waals surface area (Å²) in [7, 11) is 4.17. The number of nitrogens with one attached hydrogen (secondary N) is 2. The number of rotatable bonds is 8. The molecule has 0 aliphatic heterocycles. The Hall–Kier alpha value is -2.99. The number of aryl methyl sites for hydroxylation is 1. The molecule has 6 nitrogen and oxygen atoms in total. The zero-order chi connectivity index (χ0) is 22.6. The topological polar surface area (TPSA) is 70.2 Å². The third-order valence-electron chi connectivity index (χ3n) is 5.20. The molecule has 0 aliphatic carbocycles. The first-order chi connectivity index (χ1) is 14.7. The second kappa shape index (κ2) is 9.43. The summed E-state index contributed by atoms with van der Waals surface area (Å²) >= 11 is 0. The van der Waals surface area contributed by atoms with Gasteiger partial charge >= 0.3 is 0 Å². The van der Waals surface area contributed by atoms with Crippen LogP contribution in [0.15, 0.2) is 42.6 Å². The SMILES string of the molecule is CCNC(=O)c1ccc(C)c(-c2ccc3nc(NCC(C)(C)CN(C)C)ncc3c2)c1. The molecule has 1 heterocycles. The largest absolute Gasteiger partial charge is 0.354 e. The summed E-state index contributed by atoms with van der Waals surface area (Å²) in [5, 5.41) is 7.21. The fourth-order valence-corrected chi connectivity index (χ4v) is 3.85. The van der Waals surface area contributed by atoms with Crippen LogP contribution < -0.4 is 10.6 Å². The molecular formula is C25H33N5O. The van der Waals surface area contributed by atoms with E-state index in [1.165, 1.54) is 0 Å². The maximum absolute atomic E-state index is 12.2. The second-order valence-corrected chi connectivity index (χ2v) is 9.11. The van der Waals surface area contributed by atoms with Gasteiger partial charge in [-0.25, -0.2) is 9.97 Å². The molecule has 0 radical (unpaired) electrons. The highest BCUT2D eigenvalue weighted by molar-refractivity contribution is 5.96. The van der Waals surface area contributed by atoms with Crippen molar-refractivity contribution in [1.82, 2.24) is 20.2 Å². The van der Waals surface area contributed by atoms with Crippen molar-refractivity contribution in [3.05, 3.63) is 53.7 Å². The van der Waals surface area contributed by atoms with Gasteiger partial charge in [-0.1, -0.05) is 26.0 Å². The Bertz CT molecular complexity index is 1070. The highest BCUT2D eigenvalue weighted by Gasteiger charge is 2.19. The number of nitrogens with zero attached hydrogens (tertiary/aromatic N) is 3. The van der Waals surface area contributed by atoms with E-state index >= 15 is 0 Å². The molecular weight excluding hydrogens is 386 g/mol. The van der Waals surface area contributed by atoms with Crippen LogP contribution in [0.3, 0.4) is 0 Å². The number of carbonyl (C=O) groups is 1. The highest BCUT2D eigenvalue weighted by atomic mass is 16.1. The van der Waals surface area contributed by atoms with Gasteiger partial charge in [-0.2, -0.15) is 0 Å². The Morgan fingerprint density at radius 3 is 2.61 bits per heavy atom. The summed E-state index contributed by atoms with van der Waals surface area (Å²) in [6, 6.07) is 12.0. The van der Waals surface area contributed by atoms with Crippen molar-refractivity contribution in [3.63, 3.8) is 0 Å². The van der Waals surface area contributed by atoms with Crippen molar-refractivity contribution in [2.24, 2.45) is 5.41 Å². The van der Waals surface area contributed by atoms with Gasteiger partial charge < -0.3 is 15.5 Å². The first-order valence-electron chi connectivity index (χ1n) is 10.7. The van der Waals surface area contributed by atoms with E-state index in [1.54, 1.807) is 0 Å². The standard InChI is InChI=1S/C25H33N5O/c1-7-26-23(31)19-9-8-17(2)21(13-19)18-10-11-22-20(12-18)14-27-24(29-22)28-15-25(3,4)16-30(5)6/h8-14H,7,15-16H2,1-6H3,(H,26,31)(H,27,28,29). The summed E-state index contributed by atoms with van der Waals surface area (Å²) in [4.78, 5) is 23.6. The third-order valence-corrected chi connectivity index (χ3v) is 5.20. The van der Waals surface area contributed by atoms with Crippen LogP contribution in [-0.2, 0) is 0 Å². The molecule has 2 N–H and O–H groups in total. The second-order valence-electron chi connectivity index (χ2n) is 9.11.